The third-order valence-corrected chi connectivity index (χ3v) is 3.44. The number of alkyl halides is 1. The van der Waals surface area contributed by atoms with Crippen LogP contribution in [0.15, 0.2) is 36.4 Å². The lowest BCUT2D eigenvalue weighted by Crippen LogP contribution is -1.99. The minimum Gasteiger partial charge on any atom is -0.487 e. The fraction of sp³-hybridized carbons (Fsp3) is 0.200. The molecule has 0 unspecified atom stereocenters. The zero-order chi connectivity index (χ0) is 13.8. The van der Waals surface area contributed by atoms with Crippen LogP contribution in [0.25, 0.3) is 0 Å². The van der Waals surface area contributed by atoms with Crippen molar-refractivity contribution < 1.29 is 9.13 Å². The highest BCUT2D eigenvalue weighted by atomic mass is 35.5. The van der Waals surface area contributed by atoms with Crippen LogP contribution in [0.3, 0.4) is 0 Å². The summed E-state index contributed by atoms with van der Waals surface area (Å²) in [6.45, 7) is 2.20. The van der Waals surface area contributed by atoms with Gasteiger partial charge in [0.2, 0.25) is 0 Å². The zero-order valence-electron chi connectivity index (χ0n) is 10.4. The molecule has 1 nitrogen and oxygen atoms in total. The van der Waals surface area contributed by atoms with Crippen molar-refractivity contribution in [2.75, 3.05) is 0 Å². The van der Waals surface area contributed by atoms with E-state index in [0.717, 1.165) is 16.7 Å². The predicted octanol–water partition coefficient (Wildman–Crippen LogP) is 5.11. The fourth-order valence-corrected chi connectivity index (χ4v) is 2.15. The second kappa shape index (κ2) is 6.27. The Morgan fingerprint density at radius 2 is 1.95 bits per heavy atom. The van der Waals surface area contributed by atoms with Gasteiger partial charge in [0.05, 0.1) is 5.02 Å². The Morgan fingerprint density at radius 3 is 2.58 bits per heavy atom. The van der Waals surface area contributed by atoms with Crippen LogP contribution < -0.4 is 4.74 Å². The third kappa shape index (κ3) is 3.62. The minimum atomic E-state index is -0.245. The van der Waals surface area contributed by atoms with E-state index in [-0.39, 0.29) is 5.82 Å². The molecule has 2 aromatic carbocycles. The van der Waals surface area contributed by atoms with Gasteiger partial charge in [0.15, 0.2) is 0 Å². The zero-order valence-corrected chi connectivity index (χ0v) is 11.9. The first kappa shape index (κ1) is 14.2. The molecule has 0 aromatic heterocycles. The van der Waals surface area contributed by atoms with E-state index in [4.69, 9.17) is 27.9 Å². The Bertz CT molecular complexity index is 584. The molecule has 2 rings (SSSR count). The monoisotopic (exact) mass is 298 g/mol. The van der Waals surface area contributed by atoms with Crippen LogP contribution in [-0.2, 0) is 12.5 Å². The summed E-state index contributed by atoms with van der Waals surface area (Å²) in [5, 5.41) is 0.526. The van der Waals surface area contributed by atoms with Crippen molar-refractivity contribution in [2.24, 2.45) is 0 Å². The molecule has 0 fully saturated rings. The summed E-state index contributed by atoms with van der Waals surface area (Å²) in [6.07, 6.45) is 0. The predicted molar refractivity (Wildman–Crippen MR) is 76.5 cm³/mol. The van der Waals surface area contributed by atoms with Gasteiger partial charge in [-0.25, -0.2) is 4.39 Å². The molecule has 0 N–H and O–H groups in total. The van der Waals surface area contributed by atoms with Crippen molar-refractivity contribution in [1.82, 2.24) is 0 Å². The first-order chi connectivity index (χ1) is 9.10. The van der Waals surface area contributed by atoms with Gasteiger partial charge in [0, 0.05) is 5.88 Å². The largest absolute Gasteiger partial charge is 0.487 e. The maximum absolute atomic E-state index is 13.0. The number of benzene rings is 2. The van der Waals surface area contributed by atoms with Gasteiger partial charge in [-0.3, -0.25) is 0 Å². The SMILES string of the molecule is Cc1cc(F)ccc1COc1ccc(CCl)cc1Cl. The summed E-state index contributed by atoms with van der Waals surface area (Å²) in [6, 6.07) is 10.1. The Kier molecular flexibility index (Phi) is 4.67. The third-order valence-electron chi connectivity index (χ3n) is 2.84. The van der Waals surface area contributed by atoms with Gasteiger partial charge in [-0.05, 0) is 47.9 Å². The van der Waals surface area contributed by atoms with E-state index < -0.39 is 0 Å². The van der Waals surface area contributed by atoms with Crippen LogP contribution in [-0.4, -0.2) is 0 Å². The van der Waals surface area contributed by atoms with E-state index in [0.29, 0.717) is 23.3 Å². The number of ether oxygens (including phenoxy) is 1. The van der Waals surface area contributed by atoms with Crippen LogP contribution in [0.5, 0.6) is 5.75 Å². The molecule has 0 amide bonds. The Balaban J connectivity index is 2.10. The second-order valence-corrected chi connectivity index (χ2v) is 4.93. The molecule has 100 valence electrons. The van der Waals surface area contributed by atoms with Gasteiger partial charge < -0.3 is 4.74 Å². The quantitative estimate of drug-likeness (QED) is 0.713. The molecule has 0 saturated heterocycles. The maximum Gasteiger partial charge on any atom is 0.138 e. The maximum atomic E-state index is 13.0. The molecule has 0 radical (unpaired) electrons. The highest BCUT2D eigenvalue weighted by Crippen LogP contribution is 2.27. The average molecular weight is 299 g/mol. The first-order valence-corrected chi connectivity index (χ1v) is 6.73. The summed E-state index contributed by atoms with van der Waals surface area (Å²) in [5.41, 5.74) is 2.73. The van der Waals surface area contributed by atoms with Crippen LogP contribution in [0, 0.1) is 12.7 Å². The van der Waals surface area contributed by atoms with Crippen molar-refractivity contribution >= 4 is 23.2 Å². The number of hydrogen-bond donors (Lipinski definition) is 0. The highest BCUT2D eigenvalue weighted by molar-refractivity contribution is 6.32. The second-order valence-electron chi connectivity index (χ2n) is 4.26. The lowest BCUT2D eigenvalue weighted by molar-refractivity contribution is 0.305. The molecule has 4 heteroatoms. The smallest absolute Gasteiger partial charge is 0.138 e. The number of aryl methyl sites for hydroxylation is 1. The molecule has 0 aliphatic heterocycles. The lowest BCUT2D eigenvalue weighted by Gasteiger charge is -2.10. The molecule has 19 heavy (non-hydrogen) atoms. The standard InChI is InChI=1S/C15H13Cl2FO/c1-10-6-13(18)4-3-12(10)9-19-15-5-2-11(8-16)7-14(15)17/h2-7H,8-9H2,1H3. The first-order valence-electron chi connectivity index (χ1n) is 5.82. The van der Waals surface area contributed by atoms with Gasteiger partial charge in [0.1, 0.15) is 18.2 Å². The molecular formula is C15H13Cl2FO. The van der Waals surface area contributed by atoms with E-state index in [2.05, 4.69) is 0 Å². The van der Waals surface area contributed by atoms with Gasteiger partial charge in [-0.1, -0.05) is 23.7 Å². The van der Waals surface area contributed by atoms with E-state index in [1.807, 2.05) is 13.0 Å². The summed E-state index contributed by atoms with van der Waals surface area (Å²) < 4.78 is 18.6. The van der Waals surface area contributed by atoms with Crippen LogP contribution >= 0.6 is 23.2 Å². The molecule has 0 spiro atoms. The minimum absolute atomic E-state index is 0.245. The molecule has 0 aliphatic rings. The number of halogens is 3. The topological polar surface area (TPSA) is 9.23 Å². The molecule has 0 bridgehead atoms. The molecule has 0 saturated carbocycles. The Labute approximate surface area is 121 Å². The molecule has 0 heterocycles. The Hall–Kier alpha value is -1.25. The number of rotatable bonds is 4. The van der Waals surface area contributed by atoms with E-state index in [1.165, 1.54) is 12.1 Å². The lowest BCUT2D eigenvalue weighted by atomic mass is 10.1. The normalized spacial score (nSPS) is 10.5. The molecule has 2 aromatic rings. The van der Waals surface area contributed by atoms with Crippen molar-refractivity contribution in [3.63, 3.8) is 0 Å². The van der Waals surface area contributed by atoms with Crippen molar-refractivity contribution in [1.29, 1.82) is 0 Å². The van der Waals surface area contributed by atoms with Crippen LogP contribution in [0.1, 0.15) is 16.7 Å². The van der Waals surface area contributed by atoms with Crippen molar-refractivity contribution in [3.8, 4) is 5.75 Å². The van der Waals surface area contributed by atoms with Crippen LogP contribution in [0.4, 0.5) is 4.39 Å². The summed E-state index contributed by atoms with van der Waals surface area (Å²) in [4.78, 5) is 0. The highest BCUT2D eigenvalue weighted by Gasteiger charge is 2.05. The van der Waals surface area contributed by atoms with Crippen LogP contribution in [0.2, 0.25) is 5.02 Å². The van der Waals surface area contributed by atoms with Crippen molar-refractivity contribution in [2.45, 2.75) is 19.4 Å². The van der Waals surface area contributed by atoms with E-state index in [1.54, 1.807) is 18.2 Å². The summed E-state index contributed by atoms with van der Waals surface area (Å²) in [5.74, 6) is 0.766. The summed E-state index contributed by atoms with van der Waals surface area (Å²) in [7, 11) is 0. The number of hydrogen-bond acceptors (Lipinski definition) is 1. The Morgan fingerprint density at radius 1 is 1.16 bits per heavy atom. The molecule has 0 aliphatic carbocycles. The fourth-order valence-electron chi connectivity index (χ4n) is 1.72. The van der Waals surface area contributed by atoms with E-state index >= 15 is 0 Å². The average Bonchev–Trinajstić information content (AvgIpc) is 2.39. The van der Waals surface area contributed by atoms with Gasteiger partial charge in [0.25, 0.3) is 0 Å². The van der Waals surface area contributed by atoms with Gasteiger partial charge >= 0.3 is 0 Å². The van der Waals surface area contributed by atoms with E-state index in [9.17, 15) is 4.39 Å². The van der Waals surface area contributed by atoms with Crippen molar-refractivity contribution in [3.05, 3.63) is 63.9 Å². The molecule has 0 atom stereocenters. The van der Waals surface area contributed by atoms with Gasteiger partial charge in [-0.2, -0.15) is 0 Å². The molecular weight excluding hydrogens is 286 g/mol. The summed E-state index contributed by atoms with van der Waals surface area (Å²) >= 11 is 11.8. The van der Waals surface area contributed by atoms with Gasteiger partial charge in [-0.15, -0.1) is 11.6 Å².